The van der Waals surface area contributed by atoms with Gasteiger partial charge < -0.3 is 8.83 Å². The summed E-state index contributed by atoms with van der Waals surface area (Å²) < 4.78 is 12.0. The molecule has 3 nitrogen and oxygen atoms in total. The average molecular weight is 445 g/mol. The van der Waals surface area contributed by atoms with Crippen LogP contribution in [0.3, 0.4) is 0 Å². The van der Waals surface area contributed by atoms with E-state index in [4.69, 9.17) is 8.83 Å². The van der Waals surface area contributed by atoms with Crippen molar-refractivity contribution in [3.05, 3.63) is 69.1 Å². The second-order valence-corrected chi connectivity index (χ2v) is 12.0. The minimum absolute atomic E-state index is 0.00318. The molecular weight excluding hydrogens is 408 g/mol. The molecule has 0 spiro atoms. The molecular formula is C30H36O3. The maximum absolute atomic E-state index is 14.5. The second kappa shape index (κ2) is 6.87. The standard InChI is InChI=1S/C30H36O3/c1-16-8-7-9-29(5)22-13-30(6,28(29)27(31)26-19(4)15-33-24(26)10-16)21-12-20-18(3)14-32-23(20)11-17(2)25(21)22/h8,14-15,17,22,28H,7,9-13H2,1-6H3/t17-,22-,28+,29-,30+/m1/s1. The Morgan fingerprint density at radius 3 is 2.52 bits per heavy atom. The number of furan rings is 2. The van der Waals surface area contributed by atoms with Crippen LogP contribution < -0.4 is 0 Å². The molecule has 4 aliphatic carbocycles. The lowest BCUT2D eigenvalue weighted by Crippen LogP contribution is -2.45. The number of carbonyl (C=O) groups excluding carboxylic acids is 1. The third-order valence-electron chi connectivity index (χ3n) is 9.88. The van der Waals surface area contributed by atoms with Crippen LogP contribution in [0.4, 0.5) is 0 Å². The third kappa shape index (κ3) is 2.71. The van der Waals surface area contributed by atoms with Gasteiger partial charge in [0.2, 0.25) is 0 Å². The van der Waals surface area contributed by atoms with Crippen LogP contribution in [0.1, 0.15) is 85.5 Å². The topological polar surface area (TPSA) is 43.4 Å². The zero-order chi connectivity index (χ0) is 23.3. The summed E-state index contributed by atoms with van der Waals surface area (Å²) in [5, 5.41) is 0. The minimum Gasteiger partial charge on any atom is -0.469 e. The molecule has 5 atom stereocenters. The smallest absolute Gasteiger partial charge is 0.171 e. The molecule has 1 saturated carbocycles. The fraction of sp³-hybridized carbons (Fsp3) is 0.567. The Bertz CT molecular complexity index is 1230. The van der Waals surface area contributed by atoms with Crippen molar-refractivity contribution >= 4 is 5.78 Å². The number of hydrogen-bond donors (Lipinski definition) is 0. The highest BCUT2D eigenvalue weighted by molar-refractivity contribution is 6.02. The van der Waals surface area contributed by atoms with Gasteiger partial charge in [0.25, 0.3) is 0 Å². The van der Waals surface area contributed by atoms with Gasteiger partial charge in [0, 0.05) is 29.7 Å². The largest absolute Gasteiger partial charge is 0.469 e. The highest BCUT2D eigenvalue weighted by Crippen LogP contribution is 2.72. The molecule has 2 heterocycles. The van der Waals surface area contributed by atoms with Crippen molar-refractivity contribution in [3.8, 4) is 0 Å². The summed E-state index contributed by atoms with van der Waals surface area (Å²) in [6.45, 7) is 13.6. The summed E-state index contributed by atoms with van der Waals surface area (Å²) >= 11 is 0. The quantitative estimate of drug-likeness (QED) is 0.399. The normalized spacial score (nSPS) is 35.5. The molecule has 6 rings (SSSR count). The fourth-order valence-corrected chi connectivity index (χ4v) is 8.41. The minimum atomic E-state index is -0.107. The van der Waals surface area contributed by atoms with Crippen LogP contribution in [0.2, 0.25) is 0 Å². The molecule has 0 aromatic carbocycles. The van der Waals surface area contributed by atoms with Gasteiger partial charge in [-0.05, 0) is 74.8 Å². The Labute approximate surface area is 197 Å². The molecule has 174 valence electrons. The molecule has 4 aliphatic rings. The van der Waals surface area contributed by atoms with E-state index in [1.54, 1.807) is 17.4 Å². The van der Waals surface area contributed by atoms with Gasteiger partial charge >= 0.3 is 0 Å². The summed E-state index contributed by atoms with van der Waals surface area (Å²) in [6.07, 6.45) is 12.0. The van der Waals surface area contributed by atoms with E-state index >= 15 is 0 Å². The predicted molar refractivity (Wildman–Crippen MR) is 129 cm³/mol. The van der Waals surface area contributed by atoms with Crippen molar-refractivity contribution in [1.82, 2.24) is 0 Å². The second-order valence-electron chi connectivity index (χ2n) is 12.0. The number of hydrogen-bond acceptors (Lipinski definition) is 3. The first-order valence-corrected chi connectivity index (χ1v) is 12.7. The van der Waals surface area contributed by atoms with Crippen LogP contribution in [0.15, 0.2) is 44.2 Å². The van der Waals surface area contributed by atoms with Crippen molar-refractivity contribution < 1.29 is 13.6 Å². The molecule has 33 heavy (non-hydrogen) atoms. The third-order valence-corrected chi connectivity index (χ3v) is 9.88. The SMILES string of the molecule is CC1=CCC[C@]2(C)[C@@H]3C[C@@](C)(C4=C3[C@H](C)Cc3occ(C)c3C4)[C@H]2C(=O)c2c(C)coc2C1. The van der Waals surface area contributed by atoms with E-state index in [0.29, 0.717) is 17.6 Å². The number of allylic oxidation sites excluding steroid dienone is 4. The first-order valence-electron chi connectivity index (χ1n) is 12.7. The molecule has 2 aromatic heterocycles. The summed E-state index contributed by atoms with van der Waals surface area (Å²) in [6, 6.07) is 0. The molecule has 1 fully saturated rings. The predicted octanol–water partition coefficient (Wildman–Crippen LogP) is 7.35. The molecule has 0 radical (unpaired) electrons. The van der Waals surface area contributed by atoms with E-state index in [1.165, 1.54) is 16.7 Å². The van der Waals surface area contributed by atoms with Crippen LogP contribution in [-0.2, 0) is 19.3 Å². The Balaban J connectivity index is 1.55. The number of fused-ring (bicyclic) bond motifs is 9. The maximum Gasteiger partial charge on any atom is 0.171 e. The fourth-order valence-electron chi connectivity index (χ4n) is 8.41. The van der Waals surface area contributed by atoms with E-state index < -0.39 is 0 Å². The van der Waals surface area contributed by atoms with Gasteiger partial charge in [-0.2, -0.15) is 0 Å². The lowest BCUT2D eigenvalue weighted by atomic mass is 9.55. The molecule has 0 saturated heterocycles. The van der Waals surface area contributed by atoms with E-state index in [-0.39, 0.29) is 16.7 Å². The summed E-state index contributed by atoms with van der Waals surface area (Å²) in [4.78, 5) is 14.5. The Morgan fingerprint density at radius 2 is 1.73 bits per heavy atom. The van der Waals surface area contributed by atoms with Gasteiger partial charge in [-0.3, -0.25) is 4.79 Å². The van der Waals surface area contributed by atoms with E-state index in [9.17, 15) is 4.79 Å². The van der Waals surface area contributed by atoms with Gasteiger partial charge in [-0.25, -0.2) is 0 Å². The van der Waals surface area contributed by atoms with Crippen LogP contribution >= 0.6 is 0 Å². The molecule has 0 unspecified atom stereocenters. The van der Waals surface area contributed by atoms with Gasteiger partial charge in [-0.15, -0.1) is 0 Å². The number of rotatable bonds is 0. The van der Waals surface area contributed by atoms with Gasteiger partial charge in [0.15, 0.2) is 5.78 Å². The van der Waals surface area contributed by atoms with Crippen molar-refractivity contribution in [2.75, 3.05) is 0 Å². The van der Waals surface area contributed by atoms with Crippen molar-refractivity contribution in [2.45, 2.75) is 80.1 Å². The van der Waals surface area contributed by atoms with Gasteiger partial charge in [0.05, 0.1) is 18.1 Å². The van der Waals surface area contributed by atoms with Crippen molar-refractivity contribution in [2.24, 2.45) is 28.6 Å². The highest BCUT2D eigenvalue weighted by atomic mass is 16.3. The average Bonchev–Trinajstić information content (AvgIpc) is 3.39. The number of ketones is 1. The molecule has 2 aromatic rings. The lowest BCUT2D eigenvalue weighted by molar-refractivity contribution is 0.0587. The number of Topliss-reactive ketones (excluding diaryl/α,β-unsaturated/α-hetero) is 1. The molecule has 0 amide bonds. The van der Waals surface area contributed by atoms with Crippen LogP contribution in [-0.4, -0.2) is 5.78 Å². The van der Waals surface area contributed by atoms with E-state index in [1.807, 2.05) is 13.2 Å². The number of carbonyl (C=O) groups is 1. The first-order chi connectivity index (χ1) is 15.6. The van der Waals surface area contributed by atoms with Gasteiger partial charge in [0.1, 0.15) is 11.5 Å². The molecule has 2 bridgehead atoms. The van der Waals surface area contributed by atoms with E-state index in [2.05, 4.69) is 40.7 Å². The van der Waals surface area contributed by atoms with Crippen molar-refractivity contribution in [1.29, 1.82) is 0 Å². The Hall–Kier alpha value is -2.29. The van der Waals surface area contributed by atoms with Crippen LogP contribution in [0.25, 0.3) is 0 Å². The summed E-state index contributed by atoms with van der Waals surface area (Å²) in [7, 11) is 0. The van der Waals surface area contributed by atoms with Gasteiger partial charge in [-0.1, -0.05) is 43.6 Å². The van der Waals surface area contributed by atoms with Crippen LogP contribution in [0.5, 0.6) is 0 Å². The summed E-state index contributed by atoms with van der Waals surface area (Å²) in [5.74, 6) is 3.27. The zero-order valence-electron chi connectivity index (χ0n) is 20.9. The van der Waals surface area contributed by atoms with E-state index in [0.717, 1.165) is 61.2 Å². The Kier molecular flexibility index (Phi) is 4.42. The Morgan fingerprint density at radius 1 is 1.00 bits per heavy atom. The molecule has 3 heteroatoms. The zero-order valence-corrected chi connectivity index (χ0v) is 20.9. The van der Waals surface area contributed by atoms with Crippen molar-refractivity contribution in [3.63, 3.8) is 0 Å². The molecule has 0 N–H and O–H groups in total. The first kappa shape index (κ1) is 21.3. The maximum atomic E-state index is 14.5. The summed E-state index contributed by atoms with van der Waals surface area (Å²) in [5.41, 5.74) is 8.84. The van der Waals surface area contributed by atoms with Crippen LogP contribution in [0, 0.1) is 42.4 Å². The monoisotopic (exact) mass is 444 g/mol. The molecule has 0 aliphatic heterocycles. The highest BCUT2D eigenvalue weighted by Gasteiger charge is 2.67. The lowest BCUT2D eigenvalue weighted by Gasteiger charge is -2.47. The number of aryl methyl sites for hydroxylation is 2.